The molecule has 4 aromatic rings. The fraction of sp³-hybridized carbons (Fsp3) is 0.100. The molecule has 0 radical (unpaired) electrons. The van der Waals surface area contributed by atoms with Gasteiger partial charge in [-0.05, 0) is 29.3 Å². The first-order chi connectivity index (χ1) is 12.4. The van der Waals surface area contributed by atoms with Crippen LogP contribution in [0.2, 0.25) is 0 Å². The van der Waals surface area contributed by atoms with Gasteiger partial charge in [-0.2, -0.15) is 5.10 Å². The Morgan fingerprint density at radius 2 is 1.72 bits per heavy atom. The number of nitrogens with one attached hydrogen (secondary N) is 1. The molecule has 3 aromatic heterocycles. The molecule has 0 bridgehead atoms. The summed E-state index contributed by atoms with van der Waals surface area (Å²) < 4.78 is 0. The predicted molar refractivity (Wildman–Crippen MR) is 95.9 cm³/mol. The average molecular weight is 327 g/mol. The van der Waals surface area contributed by atoms with Crippen LogP contribution in [0.15, 0.2) is 73.2 Å². The summed E-state index contributed by atoms with van der Waals surface area (Å²) in [6.45, 7) is 0. The van der Waals surface area contributed by atoms with Crippen molar-refractivity contribution < 1.29 is 0 Å². The van der Waals surface area contributed by atoms with E-state index < -0.39 is 0 Å². The molecule has 0 amide bonds. The third-order valence-electron chi connectivity index (χ3n) is 3.94. The third-order valence-corrected chi connectivity index (χ3v) is 3.94. The molecule has 4 rings (SSSR count). The summed E-state index contributed by atoms with van der Waals surface area (Å²) in [5, 5.41) is 7.33. The number of hydrogen-bond donors (Lipinski definition) is 1. The summed E-state index contributed by atoms with van der Waals surface area (Å²) in [5.41, 5.74) is 4.23. The van der Waals surface area contributed by atoms with E-state index in [-0.39, 0.29) is 0 Å². The van der Waals surface area contributed by atoms with Gasteiger partial charge in [0.2, 0.25) is 0 Å². The van der Waals surface area contributed by atoms with E-state index in [0.29, 0.717) is 6.42 Å². The van der Waals surface area contributed by atoms with Gasteiger partial charge >= 0.3 is 0 Å². The van der Waals surface area contributed by atoms with Gasteiger partial charge in [0.25, 0.3) is 0 Å². The van der Waals surface area contributed by atoms with E-state index in [9.17, 15) is 0 Å². The van der Waals surface area contributed by atoms with Crippen molar-refractivity contribution in [2.45, 2.75) is 12.8 Å². The Hall–Kier alpha value is -3.34. The smallest absolute Gasteiger partial charge is 0.155 e. The lowest BCUT2D eigenvalue weighted by Gasteiger charge is -2.02. The molecule has 5 heteroatoms. The summed E-state index contributed by atoms with van der Waals surface area (Å²) in [6, 6.07) is 18.2. The fourth-order valence-corrected chi connectivity index (χ4v) is 2.68. The molecule has 0 saturated heterocycles. The van der Waals surface area contributed by atoms with Crippen LogP contribution in [0.25, 0.3) is 11.3 Å². The Bertz CT molecular complexity index is 931. The maximum atomic E-state index is 4.58. The average Bonchev–Trinajstić information content (AvgIpc) is 3.11. The highest BCUT2D eigenvalue weighted by Crippen LogP contribution is 2.16. The zero-order valence-corrected chi connectivity index (χ0v) is 13.6. The number of hydrogen-bond acceptors (Lipinski definition) is 4. The Labute approximate surface area is 145 Å². The summed E-state index contributed by atoms with van der Waals surface area (Å²) in [5.74, 6) is 1.66. The summed E-state index contributed by atoms with van der Waals surface area (Å²) in [7, 11) is 0. The van der Waals surface area contributed by atoms with Gasteiger partial charge in [-0.3, -0.25) is 15.1 Å². The van der Waals surface area contributed by atoms with Crippen molar-refractivity contribution in [1.29, 1.82) is 0 Å². The topological polar surface area (TPSA) is 67.3 Å². The number of aromatic amines is 1. The first kappa shape index (κ1) is 15.2. The predicted octanol–water partition coefficient (Wildman–Crippen LogP) is 3.44. The van der Waals surface area contributed by atoms with E-state index >= 15 is 0 Å². The van der Waals surface area contributed by atoms with Crippen LogP contribution in [0.1, 0.15) is 22.8 Å². The van der Waals surface area contributed by atoms with Crippen LogP contribution in [0, 0.1) is 0 Å². The lowest BCUT2D eigenvalue weighted by Crippen LogP contribution is -1.94. The maximum absolute atomic E-state index is 4.58. The second kappa shape index (κ2) is 7.05. The van der Waals surface area contributed by atoms with Gasteiger partial charge in [0.1, 0.15) is 5.82 Å². The van der Waals surface area contributed by atoms with E-state index in [1.165, 1.54) is 5.56 Å². The molecule has 0 fully saturated rings. The Kier molecular flexibility index (Phi) is 4.29. The highest BCUT2D eigenvalue weighted by atomic mass is 15.2. The largest absolute Gasteiger partial charge is 0.264 e. The first-order valence-electron chi connectivity index (χ1n) is 8.16. The number of pyridine rings is 2. The zero-order valence-electron chi connectivity index (χ0n) is 13.6. The lowest BCUT2D eigenvalue weighted by molar-refractivity contribution is 0.955. The number of rotatable bonds is 5. The molecular weight excluding hydrogens is 310 g/mol. The number of benzene rings is 1. The minimum absolute atomic E-state index is 0.683. The Morgan fingerprint density at radius 3 is 2.48 bits per heavy atom. The van der Waals surface area contributed by atoms with Crippen molar-refractivity contribution in [2.24, 2.45) is 0 Å². The van der Waals surface area contributed by atoms with Crippen LogP contribution in [0.3, 0.4) is 0 Å². The van der Waals surface area contributed by atoms with Crippen molar-refractivity contribution in [2.75, 3.05) is 0 Å². The summed E-state index contributed by atoms with van der Waals surface area (Å²) >= 11 is 0. The lowest BCUT2D eigenvalue weighted by atomic mass is 10.1. The van der Waals surface area contributed by atoms with Crippen molar-refractivity contribution in [3.63, 3.8) is 0 Å². The third kappa shape index (κ3) is 3.77. The minimum atomic E-state index is 0.683. The second-order valence-corrected chi connectivity index (χ2v) is 5.83. The maximum Gasteiger partial charge on any atom is 0.155 e. The van der Waals surface area contributed by atoms with Crippen LogP contribution >= 0.6 is 0 Å². The SMILES string of the molecule is c1ccc(Cc2n[nH]c(Cc3ccc(-c4cccnc4)nc3)n2)cc1. The molecule has 25 heavy (non-hydrogen) atoms. The van der Waals surface area contributed by atoms with Gasteiger partial charge in [-0.25, -0.2) is 4.98 Å². The summed E-state index contributed by atoms with van der Waals surface area (Å²) in [4.78, 5) is 13.2. The molecule has 1 N–H and O–H groups in total. The zero-order chi connectivity index (χ0) is 16.9. The second-order valence-electron chi connectivity index (χ2n) is 5.83. The van der Waals surface area contributed by atoms with Crippen molar-refractivity contribution in [1.82, 2.24) is 25.1 Å². The van der Waals surface area contributed by atoms with Gasteiger partial charge in [-0.1, -0.05) is 36.4 Å². The molecule has 0 atom stereocenters. The van der Waals surface area contributed by atoms with Crippen LogP contribution in [-0.4, -0.2) is 25.1 Å². The number of nitrogens with zero attached hydrogens (tertiary/aromatic N) is 4. The number of H-pyrrole nitrogens is 1. The molecule has 0 saturated carbocycles. The molecule has 0 aliphatic heterocycles. The molecule has 122 valence electrons. The van der Waals surface area contributed by atoms with Gasteiger partial charge in [0.05, 0.1) is 5.69 Å². The fourth-order valence-electron chi connectivity index (χ4n) is 2.68. The Morgan fingerprint density at radius 1 is 0.800 bits per heavy atom. The monoisotopic (exact) mass is 327 g/mol. The molecule has 0 unspecified atom stereocenters. The molecule has 0 aliphatic rings. The highest BCUT2D eigenvalue weighted by Gasteiger charge is 2.06. The van der Waals surface area contributed by atoms with Crippen molar-refractivity contribution in [3.05, 3.63) is 96.0 Å². The van der Waals surface area contributed by atoms with Gasteiger partial charge in [0, 0.05) is 37.0 Å². The summed E-state index contributed by atoms with van der Waals surface area (Å²) in [6.07, 6.45) is 6.86. The molecule has 0 spiro atoms. The quantitative estimate of drug-likeness (QED) is 0.610. The minimum Gasteiger partial charge on any atom is -0.264 e. The van der Waals surface area contributed by atoms with Gasteiger partial charge < -0.3 is 0 Å². The molecule has 3 heterocycles. The van der Waals surface area contributed by atoms with Gasteiger partial charge in [-0.15, -0.1) is 0 Å². The first-order valence-corrected chi connectivity index (χ1v) is 8.16. The van der Waals surface area contributed by atoms with Crippen molar-refractivity contribution in [3.8, 4) is 11.3 Å². The van der Waals surface area contributed by atoms with E-state index in [0.717, 1.165) is 34.9 Å². The van der Waals surface area contributed by atoms with E-state index in [1.807, 2.05) is 48.8 Å². The van der Waals surface area contributed by atoms with E-state index in [2.05, 4.69) is 43.3 Å². The van der Waals surface area contributed by atoms with Crippen LogP contribution < -0.4 is 0 Å². The molecule has 1 aromatic carbocycles. The van der Waals surface area contributed by atoms with Crippen molar-refractivity contribution >= 4 is 0 Å². The standard InChI is InChI=1S/C20H17N5/c1-2-5-15(6-3-1)11-19-23-20(25-24-19)12-16-8-9-18(22-13-16)17-7-4-10-21-14-17/h1-10,13-14H,11-12H2,(H,23,24,25). The van der Waals surface area contributed by atoms with E-state index in [1.54, 1.807) is 6.20 Å². The molecular formula is C20H17N5. The van der Waals surface area contributed by atoms with Gasteiger partial charge in [0.15, 0.2) is 5.82 Å². The normalized spacial score (nSPS) is 10.7. The number of aromatic nitrogens is 5. The molecule has 0 aliphatic carbocycles. The van der Waals surface area contributed by atoms with Crippen LogP contribution in [0.5, 0.6) is 0 Å². The van der Waals surface area contributed by atoms with Crippen LogP contribution in [-0.2, 0) is 12.8 Å². The highest BCUT2D eigenvalue weighted by molar-refractivity contribution is 5.57. The molecule has 5 nitrogen and oxygen atoms in total. The Balaban J connectivity index is 1.44. The van der Waals surface area contributed by atoms with Crippen LogP contribution in [0.4, 0.5) is 0 Å². The van der Waals surface area contributed by atoms with E-state index in [4.69, 9.17) is 0 Å².